The van der Waals surface area contributed by atoms with Crippen LogP contribution in [0.4, 0.5) is 5.69 Å². The van der Waals surface area contributed by atoms with Crippen molar-refractivity contribution >= 4 is 34.1 Å². The van der Waals surface area contributed by atoms with Gasteiger partial charge in [-0.2, -0.15) is 0 Å². The molecule has 0 unspecified atom stereocenters. The number of rotatable bonds is 6. The van der Waals surface area contributed by atoms with E-state index >= 15 is 0 Å². The molecule has 0 aromatic heterocycles. The third kappa shape index (κ3) is 3.89. The lowest BCUT2D eigenvalue weighted by molar-refractivity contribution is -0.147. The zero-order valence-corrected chi connectivity index (χ0v) is 16.5. The summed E-state index contributed by atoms with van der Waals surface area (Å²) in [6.45, 7) is -0.135. The number of esters is 1. The molecular formula is C24H21NO5. The number of ketones is 1. The highest BCUT2D eigenvalue weighted by Crippen LogP contribution is 2.32. The van der Waals surface area contributed by atoms with Gasteiger partial charge in [0.25, 0.3) is 0 Å². The van der Waals surface area contributed by atoms with E-state index in [0.717, 1.165) is 16.5 Å². The van der Waals surface area contributed by atoms with Crippen LogP contribution in [0.3, 0.4) is 0 Å². The zero-order chi connectivity index (χ0) is 21.1. The molecule has 6 nitrogen and oxygen atoms in total. The number of methoxy groups -OCH3 is 1. The van der Waals surface area contributed by atoms with E-state index in [9.17, 15) is 14.4 Å². The maximum atomic E-state index is 12.6. The summed E-state index contributed by atoms with van der Waals surface area (Å²) in [5, 5.41) is 1.98. The molecule has 1 aliphatic heterocycles. The van der Waals surface area contributed by atoms with Crippen LogP contribution in [0.5, 0.6) is 5.75 Å². The highest BCUT2D eigenvalue weighted by atomic mass is 16.5. The second-order valence-electron chi connectivity index (χ2n) is 7.17. The number of benzene rings is 3. The van der Waals surface area contributed by atoms with Crippen LogP contribution in [0, 0.1) is 5.92 Å². The number of nitrogens with zero attached hydrogens (tertiary/aromatic N) is 1. The lowest BCUT2D eigenvalue weighted by Crippen LogP contribution is -2.27. The van der Waals surface area contributed by atoms with Crippen LogP contribution >= 0.6 is 0 Å². The van der Waals surface area contributed by atoms with Gasteiger partial charge in [-0.3, -0.25) is 14.4 Å². The van der Waals surface area contributed by atoms with Crippen LogP contribution in [0.15, 0.2) is 66.7 Å². The molecule has 0 N–H and O–H groups in total. The molecule has 152 valence electrons. The van der Waals surface area contributed by atoms with Crippen LogP contribution < -0.4 is 9.64 Å². The van der Waals surface area contributed by atoms with E-state index in [4.69, 9.17) is 9.47 Å². The first-order valence-corrected chi connectivity index (χ1v) is 9.69. The number of amides is 1. The topological polar surface area (TPSA) is 72.9 Å². The Bertz CT molecular complexity index is 1120. The van der Waals surface area contributed by atoms with Crippen molar-refractivity contribution in [2.45, 2.75) is 6.42 Å². The molecule has 3 aromatic rings. The van der Waals surface area contributed by atoms with Crippen LogP contribution in [-0.2, 0) is 14.3 Å². The molecule has 0 spiro atoms. The Balaban J connectivity index is 1.42. The third-order valence-corrected chi connectivity index (χ3v) is 5.25. The molecular weight excluding hydrogens is 382 g/mol. The Morgan fingerprint density at radius 3 is 2.63 bits per heavy atom. The monoisotopic (exact) mass is 403 g/mol. The molecule has 3 aromatic carbocycles. The SMILES string of the molecule is COc1cccc(C(=O)COC(=O)[C@H]2CC(=O)N(c3cccc4ccccc34)C2)c1. The number of carbonyl (C=O) groups excluding carboxylic acids is 3. The predicted octanol–water partition coefficient (Wildman–Crippen LogP) is 3.63. The first kappa shape index (κ1) is 19.6. The van der Waals surface area contributed by atoms with Gasteiger partial charge in [-0.25, -0.2) is 0 Å². The van der Waals surface area contributed by atoms with Gasteiger partial charge >= 0.3 is 5.97 Å². The fraction of sp³-hybridized carbons (Fsp3) is 0.208. The molecule has 30 heavy (non-hydrogen) atoms. The molecule has 1 aliphatic rings. The van der Waals surface area contributed by atoms with E-state index in [1.807, 2.05) is 42.5 Å². The maximum absolute atomic E-state index is 12.6. The van der Waals surface area contributed by atoms with Crippen molar-refractivity contribution in [2.75, 3.05) is 25.2 Å². The normalized spacial score (nSPS) is 16.0. The van der Waals surface area contributed by atoms with Gasteiger partial charge in [0.15, 0.2) is 12.4 Å². The van der Waals surface area contributed by atoms with E-state index in [-0.39, 0.29) is 31.3 Å². The van der Waals surface area contributed by atoms with Gasteiger partial charge in [0.05, 0.1) is 18.7 Å². The van der Waals surface area contributed by atoms with Gasteiger partial charge in [-0.15, -0.1) is 0 Å². The Morgan fingerprint density at radius 1 is 1.03 bits per heavy atom. The van der Waals surface area contributed by atoms with E-state index in [2.05, 4.69) is 0 Å². The third-order valence-electron chi connectivity index (χ3n) is 5.25. The van der Waals surface area contributed by atoms with Crippen molar-refractivity contribution in [3.63, 3.8) is 0 Å². The molecule has 4 rings (SSSR count). The number of fused-ring (bicyclic) bond motifs is 1. The van der Waals surface area contributed by atoms with Crippen LogP contribution in [0.2, 0.25) is 0 Å². The van der Waals surface area contributed by atoms with Crippen LogP contribution in [-0.4, -0.2) is 37.9 Å². The predicted molar refractivity (Wildman–Crippen MR) is 113 cm³/mol. The minimum atomic E-state index is -0.602. The van der Waals surface area contributed by atoms with Gasteiger partial charge < -0.3 is 14.4 Å². The standard InChI is InChI=1S/C24H21NO5/c1-29-19-9-4-8-17(12-19)22(26)15-30-24(28)18-13-23(27)25(14-18)21-11-5-7-16-6-2-3-10-20(16)21/h2-12,18H,13-15H2,1H3/t18-/m0/s1. The van der Waals surface area contributed by atoms with Crippen molar-refractivity contribution < 1.29 is 23.9 Å². The smallest absolute Gasteiger partial charge is 0.311 e. The number of Topliss-reactive ketones (excluding diaryl/α,β-unsaturated/α-hetero) is 1. The van der Waals surface area contributed by atoms with Crippen molar-refractivity contribution in [3.8, 4) is 5.75 Å². The van der Waals surface area contributed by atoms with Crippen LogP contribution in [0.25, 0.3) is 10.8 Å². The van der Waals surface area contributed by atoms with Gasteiger partial charge in [-0.1, -0.05) is 48.5 Å². The van der Waals surface area contributed by atoms with Crippen molar-refractivity contribution in [3.05, 3.63) is 72.3 Å². The Kier molecular flexibility index (Phi) is 5.48. The van der Waals surface area contributed by atoms with Gasteiger partial charge in [-0.05, 0) is 23.6 Å². The van der Waals surface area contributed by atoms with Crippen molar-refractivity contribution in [1.82, 2.24) is 0 Å². The fourth-order valence-electron chi connectivity index (χ4n) is 3.68. The highest BCUT2D eigenvalue weighted by Gasteiger charge is 2.37. The second-order valence-corrected chi connectivity index (χ2v) is 7.17. The van der Waals surface area contributed by atoms with Crippen molar-refractivity contribution in [2.24, 2.45) is 5.92 Å². The second kappa shape index (κ2) is 8.37. The zero-order valence-electron chi connectivity index (χ0n) is 16.5. The van der Waals surface area contributed by atoms with Gasteiger partial charge in [0.2, 0.25) is 5.91 Å². The lowest BCUT2D eigenvalue weighted by atomic mass is 10.1. The Hall–Kier alpha value is -3.67. The summed E-state index contributed by atoms with van der Waals surface area (Å²) < 4.78 is 10.3. The number of hydrogen-bond donors (Lipinski definition) is 0. The van der Waals surface area contributed by atoms with E-state index in [1.54, 1.807) is 29.2 Å². The fourth-order valence-corrected chi connectivity index (χ4v) is 3.68. The van der Waals surface area contributed by atoms with E-state index < -0.39 is 11.9 Å². The average molecular weight is 403 g/mol. The molecule has 0 bridgehead atoms. The summed E-state index contributed by atoms with van der Waals surface area (Å²) in [4.78, 5) is 39.1. The lowest BCUT2D eigenvalue weighted by Gasteiger charge is -2.18. The molecule has 0 saturated carbocycles. The maximum Gasteiger partial charge on any atom is 0.311 e. The molecule has 0 aliphatic carbocycles. The molecule has 1 amide bonds. The molecule has 6 heteroatoms. The van der Waals surface area contributed by atoms with E-state index in [0.29, 0.717) is 11.3 Å². The average Bonchev–Trinajstić information content (AvgIpc) is 3.18. The van der Waals surface area contributed by atoms with Gasteiger partial charge in [0.1, 0.15) is 5.75 Å². The Labute approximate surface area is 174 Å². The molecule has 1 saturated heterocycles. The first-order chi connectivity index (χ1) is 14.6. The number of hydrogen-bond acceptors (Lipinski definition) is 5. The first-order valence-electron chi connectivity index (χ1n) is 9.69. The van der Waals surface area contributed by atoms with Gasteiger partial charge in [0, 0.05) is 23.9 Å². The molecule has 0 radical (unpaired) electrons. The number of ether oxygens (including phenoxy) is 2. The molecule has 1 heterocycles. The molecule has 1 atom stereocenters. The summed E-state index contributed by atoms with van der Waals surface area (Å²) in [5.41, 5.74) is 1.18. The summed E-state index contributed by atoms with van der Waals surface area (Å²) in [6.07, 6.45) is 0.0649. The quantitative estimate of drug-likeness (QED) is 0.464. The number of anilines is 1. The Morgan fingerprint density at radius 2 is 1.80 bits per heavy atom. The van der Waals surface area contributed by atoms with E-state index in [1.165, 1.54) is 7.11 Å². The minimum Gasteiger partial charge on any atom is -0.497 e. The summed E-state index contributed by atoms with van der Waals surface area (Å²) in [7, 11) is 1.52. The summed E-state index contributed by atoms with van der Waals surface area (Å²) in [6, 6.07) is 20.2. The van der Waals surface area contributed by atoms with Crippen LogP contribution in [0.1, 0.15) is 16.8 Å². The minimum absolute atomic E-state index is 0.0649. The molecule has 1 fully saturated rings. The van der Waals surface area contributed by atoms with Crippen molar-refractivity contribution in [1.29, 1.82) is 0 Å². The highest BCUT2D eigenvalue weighted by molar-refractivity contribution is 6.06. The number of carbonyl (C=O) groups is 3. The summed E-state index contributed by atoms with van der Waals surface area (Å²) >= 11 is 0. The summed E-state index contributed by atoms with van der Waals surface area (Å²) in [5.74, 6) is -1.04. The largest absolute Gasteiger partial charge is 0.497 e.